The third-order valence-electron chi connectivity index (χ3n) is 4.51. The number of nitrogens with zero attached hydrogens (tertiary/aromatic N) is 1. The zero-order chi connectivity index (χ0) is 16.8. The highest BCUT2D eigenvalue weighted by Gasteiger charge is 2.21. The van der Waals surface area contributed by atoms with Crippen LogP contribution in [-0.2, 0) is 4.79 Å². The van der Waals surface area contributed by atoms with Gasteiger partial charge in [0, 0.05) is 22.5 Å². The van der Waals surface area contributed by atoms with Gasteiger partial charge >= 0.3 is 0 Å². The molecule has 0 spiro atoms. The monoisotopic (exact) mass is 354 g/mol. The number of hydrogen-bond acceptors (Lipinski definition) is 3. The standard InChI is InChI=1S/C18H27ClN2OS/c1-13-8-10-21(11-9-13)14(2)12-20-18(22)15(3)23-17-6-4-16(19)5-7-17/h4-7,13-15H,8-12H2,1-3H3,(H,20,22). The molecule has 1 heterocycles. The Morgan fingerprint density at radius 1 is 1.30 bits per heavy atom. The Labute approximate surface area is 149 Å². The third kappa shape index (κ3) is 6.02. The normalized spacial score (nSPS) is 19.3. The molecule has 23 heavy (non-hydrogen) atoms. The molecule has 0 aromatic heterocycles. The van der Waals surface area contributed by atoms with Crippen LogP contribution in [0.25, 0.3) is 0 Å². The molecule has 5 heteroatoms. The number of carbonyl (C=O) groups is 1. The van der Waals surface area contributed by atoms with Gasteiger partial charge in [-0.3, -0.25) is 9.69 Å². The molecule has 1 N–H and O–H groups in total. The van der Waals surface area contributed by atoms with Gasteiger partial charge < -0.3 is 5.32 Å². The lowest BCUT2D eigenvalue weighted by Gasteiger charge is -2.35. The van der Waals surface area contributed by atoms with E-state index in [4.69, 9.17) is 11.6 Å². The Morgan fingerprint density at radius 2 is 1.91 bits per heavy atom. The van der Waals surface area contributed by atoms with Crippen molar-refractivity contribution in [2.45, 2.75) is 49.8 Å². The topological polar surface area (TPSA) is 32.3 Å². The molecule has 1 amide bonds. The molecular formula is C18H27ClN2OS. The maximum absolute atomic E-state index is 12.3. The molecule has 2 atom stereocenters. The summed E-state index contributed by atoms with van der Waals surface area (Å²) in [5.74, 6) is 0.936. The summed E-state index contributed by atoms with van der Waals surface area (Å²) in [7, 11) is 0. The van der Waals surface area contributed by atoms with Gasteiger partial charge in [-0.2, -0.15) is 0 Å². The number of nitrogens with one attached hydrogen (secondary N) is 1. The highest BCUT2D eigenvalue weighted by molar-refractivity contribution is 8.00. The van der Waals surface area contributed by atoms with Gasteiger partial charge in [-0.25, -0.2) is 0 Å². The molecule has 1 fully saturated rings. The zero-order valence-electron chi connectivity index (χ0n) is 14.2. The Bertz CT molecular complexity index is 500. The molecule has 2 rings (SSSR count). The summed E-state index contributed by atoms with van der Waals surface area (Å²) >= 11 is 7.45. The second kappa shape index (κ2) is 8.95. The van der Waals surface area contributed by atoms with Gasteiger partial charge in [-0.1, -0.05) is 18.5 Å². The summed E-state index contributed by atoms with van der Waals surface area (Å²) in [6.07, 6.45) is 2.53. The van der Waals surface area contributed by atoms with Crippen molar-refractivity contribution in [3.8, 4) is 0 Å². The number of hydrogen-bond donors (Lipinski definition) is 1. The largest absolute Gasteiger partial charge is 0.354 e. The fourth-order valence-corrected chi connectivity index (χ4v) is 3.78. The van der Waals surface area contributed by atoms with Crippen LogP contribution in [-0.4, -0.2) is 41.7 Å². The molecule has 1 aromatic carbocycles. The van der Waals surface area contributed by atoms with Crippen LogP contribution >= 0.6 is 23.4 Å². The van der Waals surface area contributed by atoms with E-state index in [0.717, 1.165) is 35.5 Å². The molecule has 2 unspecified atom stereocenters. The average molecular weight is 355 g/mol. The maximum atomic E-state index is 12.3. The van der Waals surface area contributed by atoms with Crippen LogP contribution in [0.5, 0.6) is 0 Å². The first-order valence-electron chi connectivity index (χ1n) is 8.39. The number of rotatable bonds is 6. The molecule has 0 saturated carbocycles. The van der Waals surface area contributed by atoms with Crippen molar-refractivity contribution in [3.63, 3.8) is 0 Å². The Balaban J connectivity index is 1.74. The lowest BCUT2D eigenvalue weighted by molar-refractivity contribution is -0.120. The summed E-state index contributed by atoms with van der Waals surface area (Å²) in [6, 6.07) is 8.02. The smallest absolute Gasteiger partial charge is 0.233 e. The quantitative estimate of drug-likeness (QED) is 0.782. The lowest BCUT2D eigenvalue weighted by atomic mass is 9.98. The van der Waals surface area contributed by atoms with E-state index in [2.05, 4.69) is 24.1 Å². The first-order valence-corrected chi connectivity index (χ1v) is 9.65. The van der Waals surface area contributed by atoms with Crippen LogP contribution in [0.4, 0.5) is 0 Å². The van der Waals surface area contributed by atoms with E-state index in [1.165, 1.54) is 12.8 Å². The van der Waals surface area contributed by atoms with Crippen molar-refractivity contribution < 1.29 is 4.79 Å². The second-order valence-electron chi connectivity index (χ2n) is 6.53. The molecule has 0 aliphatic carbocycles. The predicted molar refractivity (Wildman–Crippen MR) is 99.2 cm³/mol. The van der Waals surface area contributed by atoms with Crippen molar-refractivity contribution >= 4 is 29.3 Å². The van der Waals surface area contributed by atoms with Crippen LogP contribution in [0.1, 0.15) is 33.6 Å². The van der Waals surface area contributed by atoms with Gasteiger partial charge in [-0.15, -0.1) is 11.8 Å². The summed E-state index contributed by atoms with van der Waals surface area (Å²) in [5, 5.41) is 3.71. The Hall–Kier alpha value is -0.710. The van der Waals surface area contributed by atoms with Gasteiger partial charge in [0.05, 0.1) is 5.25 Å². The molecule has 1 aromatic rings. The van der Waals surface area contributed by atoms with Crippen molar-refractivity contribution in [1.29, 1.82) is 0 Å². The average Bonchev–Trinajstić information content (AvgIpc) is 2.55. The molecule has 1 saturated heterocycles. The summed E-state index contributed by atoms with van der Waals surface area (Å²) in [6.45, 7) is 9.48. The highest BCUT2D eigenvalue weighted by Crippen LogP contribution is 2.24. The first kappa shape index (κ1) is 18.6. The fourth-order valence-electron chi connectivity index (χ4n) is 2.76. The van der Waals surface area contributed by atoms with Crippen molar-refractivity contribution in [2.24, 2.45) is 5.92 Å². The second-order valence-corrected chi connectivity index (χ2v) is 8.38. The minimum atomic E-state index is -0.107. The summed E-state index contributed by atoms with van der Waals surface area (Å²) < 4.78 is 0. The number of piperidine rings is 1. The van der Waals surface area contributed by atoms with Gasteiger partial charge in [0.1, 0.15) is 0 Å². The van der Waals surface area contributed by atoms with Crippen LogP contribution in [0, 0.1) is 5.92 Å². The molecule has 128 valence electrons. The lowest BCUT2D eigenvalue weighted by Crippen LogP contribution is -2.46. The minimum Gasteiger partial charge on any atom is -0.354 e. The number of thioether (sulfide) groups is 1. The molecular weight excluding hydrogens is 328 g/mol. The molecule has 0 bridgehead atoms. The SMILES string of the molecule is CC1CCN(C(C)CNC(=O)C(C)Sc2ccc(Cl)cc2)CC1. The van der Waals surface area contributed by atoms with E-state index < -0.39 is 0 Å². The summed E-state index contributed by atoms with van der Waals surface area (Å²) in [5.41, 5.74) is 0. The zero-order valence-corrected chi connectivity index (χ0v) is 15.8. The number of carbonyl (C=O) groups excluding carboxylic acids is 1. The van der Waals surface area contributed by atoms with Crippen molar-refractivity contribution in [3.05, 3.63) is 29.3 Å². The van der Waals surface area contributed by atoms with Crippen LogP contribution < -0.4 is 5.32 Å². The Kier molecular flexibility index (Phi) is 7.25. The van der Waals surface area contributed by atoms with E-state index in [-0.39, 0.29) is 11.2 Å². The van der Waals surface area contributed by atoms with Crippen LogP contribution in [0.2, 0.25) is 5.02 Å². The number of benzene rings is 1. The van der Waals surface area contributed by atoms with Gasteiger partial charge in [0.2, 0.25) is 5.91 Å². The maximum Gasteiger partial charge on any atom is 0.233 e. The highest BCUT2D eigenvalue weighted by atomic mass is 35.5. The minimum absolute atomic E-state index is 0.0992. The van der Waals surface area contributed by atoms with Crippen molar-refractivity contribution in [1.82, 2.24) is 10.2 Å². The van der Waals surface area contributed by atoms with E-state index in [9.17, 15) is 4.79 Å². The molecule has 3 nitrogen and oxygen atoms in total. The number of likely N-dealkylation sites (tertiary alicyclic amines) is 1. The van der Waals surface area contributed by atoms with Crippen molar-refractivity contribution in [2.75, 3.05) is 19.6 Å². The van der Waals surface area contributed by atoms with Gasteiger partial charge in [0.15, 0.2) is 0 Å². The number of amides is 1. The van der Waals surface area contributed by atoms with E-state index in [1.807, 2.05) is 31.2 Å². The fraction of sp³-hybridized carbons (Fsp3) is 0.611. The van der Waals surface area contributed by atoms with Crippen LogP contribution in [0.15, 0.2) is 29.2 Å². The molecule has 1 aliphatic rings. The van der Waals surface area contributed by atoms with Crippen LogP contribution in [0.3, 0.4) is 0 Å². The molecule has 0 radical (unpaired) electrons. The van der Waals surface area contributed by atoms with Gasteiger partial charge in [-0.05, 0) is 70.0 Å². The Morgan fingerprint density at radius 3 is 2.52 bits per heavy atom. The predicted octanol–water partition coefficient (Wildman–Crippen LogP) is 4.06. The number of halogens is 1. The third-order valence-corrected chi connectivity index (χ3v) is 5.87. The van der Waals surface area contributed by atoms with E-state index in [0.29, 0.717) is 6.04 Å². The van der Waals surface area contributed by atoms with E-state index >= 15 is 0 Å². The summed E-state index contributed by atoms with van der Waals surface area (Å²) in [4.78, 5) is 15.8. The van der Waals surface area contributed by atoms with E-state index in [1.54, 1.807) is 11.8 Å². The van der Waals surface area contributed by atoms with Gasteiger partial charge in [0.25, 0.3) is 0 Å². The first-order chi connectivity index (χ1) is 11.0. The molecule has 1 aliphatic heterocycles.